The zero-order chi connectivity index (χ0) is 21.0. The Labute approximate surface area is 163 Å². The quantitative estimate of drug-likeness (QED) is 0.436. The highest BCUT2D eigenvalue weighted by atomic mass is 19.4. The maximum atomic E-state index is 13.4. The van der Waals surface area contributed by atoms with Gasteiger partial charge < -0.3 is 9.64 Å². The molecule has 0 unspecified atom stereocenters. The minimum atomic E-state index is -4.69. The fraction of sp³-hybridized carbons (Fsp3) is 0.158. The van der Waals surface area contributed by atoms with Crippen molar-refractivity contribution < 1.29 is 22.8 Å². The minimum absolute atomic E-state index is 0.0902. The molecule has 10 heteroatoms. The van der Waals surface area contributed by atoms with E-state index in [1.165, 1.54) is 36.2 Å². The van der Waals surface area contributed by atoms with Crippen molar-refractivity contribution in [3.05, 3.63) is 82.0 Å². The molecule has 0 aliphatic rings. The summed E-state index contributed by atoms with van der Waals surface area (Å²) in [6.07, 6.45) is -4.03. The summed E-state index contributed by atoms with van der Waals surface area (Å²) in [5, 5.41) is 10.8. The van der Waals surface area contributed by atoms with Crippen molar-refractivity contribution in [2.24, 2.45) is 0 Å². The normalized spacial score (nSPS) is 11.2. The predicted molar refractivity (Wildman–Crippen MR) is 99.0 cm³/mol. The molecule has 0 saturated heterocycles. The zero-order valence-corrected chi connectivity index (χ0v) is 15.1. The Morgan fingerprint density at radius 3 is 2.34 bits per heavy atom. The molecule has 0 spiro atoms. The number of ether oxygens (including phenoxy) is 1. The number of alkyl halides is 3. The van der Waals surface area contributed by atoms with Gasteiger partial charge >= 0.3 is 12.2 Å². The molecule has 0 radical (unpaired) electrons. The van der Waals surface area contributed by atoms with E-state index in [1.54, 1.807) is 24.3 Å². The van der Waals surface area contributed by atoms with Crippen LogP contribution in [0.4, 0.5) is 30.4 Å². The van der Waals surface area contributed by atoms with Crippen LogP contribution in [-0.4, -0.2) is 21.9 Å². The van der Waals surface area contributed by atoms with Crippen LogP contribution in [-0.2, 0) is 12.8 Å². The van der Waals surface area contributed by atoms with Crippen molar-refractivity contribution in [3.8, 4) is 6.01 Å². The standard InChI is InChI=1S/C19H15F3N4O3/c1-25(14-7-9-15(10-8-14)26(27)28)17-16(19(20,21)22)11-23-18(24-17)29-12-13-5-3-2-4-6-13/h2-11H,12H2,1H3. The zero-order valence-electron chi connectivity index (χ0n) is 15.1. The van der Waals surface area contributed by atoms with Crippen molar-refractivity contribution in [1.29, 1.82) is 0 Å². The monoisotopic (exact) mass is 404 g/mol. The lowest BCUT2D eigenvalue weighted by molar-refractivity contribution is -0.384. The van der Waals surface area contributed by atoms with Gasteiger partial charge in [0.1, 0.15) is 12.2 Å². The molecule has 0 fully saturated rings. The molecule has 7 nitrogen and oxygen atoms in total. The van der Waals surface area contributed by atoms with Gasteiger partial charge in [0.2, 0.25) is 0 Å². The van der Waals surface area contributed by atoms with Crippen LogP contribution >= 0.6 is 0 Å². The Morgan fingerprint density at radius 1 is 1.10 bits per heavy atom. The maximum absolute atomic E-state index is 13.4. The largest absolute Gasteiger partial charge is 0.459 e. The summed E-state index contributed by atoms with van der Waals surface area (Å²) in [7, 11) is 1.37. The third-order valence-electron chi connectivity index (χ3n) is 4.03. The smallest absolute Gasteiger partial charge is 0.421 e. The lowest BCUT2D eigenvalue weighted by Crippen LogP contribution is -2.19. The number of nitro benzene ring substituents is 1. The number of benzene rings is 2. The Hall–Kier alpha value is -3.69. The molecule has 0 aliphatic carbocycles. The third kappa shape index (κ3) is 4.78. The van der Waals surface area contributed by atoms with Gasteiger partial charge in [-0.25, -0.2) is 4.98 Å². The van der Waals surface area contributed by atoms with Crippen LogP contribution in [0.2, 0.25) is 0 Å². The topological polar surface area (TPSA) is 81.4 Å². The number of rotatable bonds is 6. The van der Waals surface area contributed by atoms with Gasteiger partial charge in [-0.1, -0.05) is 30.3 Å². The van der Waals surface area contributed by atoms with Gasteiger partial charge in [-0.3, -0.25) is 10.1 Å². The van der Waals surface area contributed by atoms with E-state index in [1.807, 2.05) is 6.07 Å². The number of nitro groups is 1. The second-order valence-corrected chi connectivity index (χ2v) is 5.99. The van der Waals surface area contributed by atoms with Gasteiger partial charge in [-0.15, -0.1) is 0 Å². The first-order chi connectivity index (χ1) is 13.8. The number of halogens is 3. The van der Waals surface area contributed by atoms with Crippen LogP contribution in [0.5, 0.6) is 6.01 Å². The van der Waals surface area contributed by atoms with Crippen molar-refractivity contribution in [2.75, 3.05) is 11.9 Å². The molecular weight excluding hydrogens is 389 g/mol. The van der Waals surface area contributed by atoms with E-state index in [9.17, 15) is 23.3 Å². The summed E-state index contributed by atoms with van der Waals surface area (Å²) < 4.78 is 45.8. The van der Waals surface area contributed by atoms with E-state index in [2.05, 4.69) is 9.97 Å². The Morgan fingerprint density at radius 2 is 1.76 bits per heavy atom. The number of anilines is 2. The Balaban J connectivity index is 1.92. The van der Waals surface area contributed by atoms with Gasteiger partial charge in [-0.2, -0.15) is 18.2 Å². The van der Waals surface area contributed by atoms with E-state index >= 15 is 0 Å². The number of non-ortho nitro benzene ring substituents is 1. The summed E-state index contributed by atoms with van der Waals surface area (Å²) in [4.78, 5) is 18.9. The van der Waals surface area contributed by atoms with Crippen molar-refractivity contribution >= 4 is 17.2 Å². The molecule has 0 saturated carbocycles. The lowest BCUT2D eigenvalue weighted by atomic mass is 10.2. The molecule has 2 aromatic carbocycles. The number of hydrogen-bond acceptors (Lipinski definition) is 6. The van der Waals surface area contributed by atoms with E-state index in [0.29, 0.717) is 6.20 Å². The fourth-order valence-electron chi connectivity index (χ4n) is 2.52. The Bertz CT molecular complexity index is 996. The Kier molecular flexibility index (Phi) is 5.62. The minimum Gasteiger partial charge on any atom is -0.459 e. The fourth-order valence-corrected chi connectivity index (χ4v) is 2.52. The lowest BCUT2D eigenvalue weighted by Gasteiger charge is -2.22. The van der Waals surface area contributed by atoms with E-state index in [-0.39, 0.29) is 24.0 Å². The van der Waals surface area contributed by atoms with Crippen molar-refractivity contribution in [3.63, 3.8) is 0 Å². The van der Waals surface area contributed by atoms with E-state index in [4.69, 9.17) is 4.74 Å². The summed E-state index contributed by atoms with van der Waals surface area (Å²) in [6.45, 7) is 0.0902. The highest BCUT2D eigenvalue weighted by Crippen LogP contribution is 2.38. The molecular formula is C19H15F3N4O3. The molecule has 29 heavy (non-hydrogen) atoms. The van der Waals surface area contributed by atoms with Crippen molar-refractivity contribution in [2.45, 2.75) is 12.8 Å². The van der Waals surface area contributed by atoms with Gasteiger partial charge in [0.05, 0.1) is 4.92 Å². The third-order valence-corrected chi connectivity index (χ3v) is 4.03. The van der Waals surface area contributed by atoms with Gasteiger partial charge in [-0.05, 0) is 17.7 Å². The SMILES string of the molecule is CN(c1ccc([N+](=O)[O-])cc1)c1nc(OCc2ccccc2)ncc1C(F)(F)F. The van der Waals surface area contributed by atoms with Crippen LogP contribution in [0.25, 0.3) is 0 Å². The number of nitrogens with zero attached hydrogens (tertiary/aromatic N) is 4. The van der Waals surface area contributed by atoms with E-state index < -0.39 is 22.5 Å². The molecule has 3 rings (SSSR count). The van der Waals surface area contributed by atoms with Crippen LogP contribution in [0, 0.1) is 10.1 Å². The molecule has 0 bridgehead atoms. The molecule has 1 heterocycles. The number of hydrogen-bond donors (Lipinski definition) is 0. The van der Waals surface area contributed by atoms with Gasteiger partial charge in [0, 0.05) is 31.1 Å². The van der Waals surface area contributed by atoms with Gasteiger partial charge in [0.25, 0.3) is 5.69 Å². The second-order valence-electron chi connectivity index (χ2n) is 5.99. The predicted octanol–water partition coefficient (Wildman–Crippen LogP) is 4.75. The first-order valence-electron chi connectivity index (χ1n) is 8.35. The van der Waals surface area contributed by atoms with Crippen LogP contribution in [0.1, 0.15) is 11.1 Å². The number of aromatic nitrogens is 2. The first kappa shape index (κ1) is 20.1. The second kappa shape index (κ2) is 8.13. The molecule has 0 atom stereocenters. The highest BCUT2D eigenvalue weighted by molar-refractivity contribution is 5.63. The summed E-state index contributed by atoms with van der Waals surface area (Å²) in [5.41, 5.74) is -0.131. The molecule has 0 amide bonds. The van der Waals surface area contributed by atoms with E-state index in [0.717, 1.165) is 5.56 Å². The van der Waals surface area contributed by atoms with Gasteiger partial charge in [0.15, 0.2) is 5.82 Å². The first-order valence-corrected chi connectivity index (χ1v) is 8.35. The van der Waals surface area contributed by atoms with Crippen molar-refractivity contribution in [1.82, 2.24) is 9.97 Å². The molecule has 150 valence electrons. The van der Waals surface area contributed by atoms with Crippen LogP contribution < -0.4 is 9.64 Å². The summed E-state index contributed by atoms with van der Waals surface area (Å²) >= 11 is 0. The molecule has 0 N–H and O–H groups in total. The molecule has 1 aromatic heterocycles. The average molecular weight is 404 g/mol. The van der Waals surface area contributed by atoms with Crippen LogP contribution in [0.15, 0.2) is 60.8 Å². The summed E-state index contributed by atoms with van der Waals surface area (Å²) in [5.74, 6) is -0.426. The molecule has 0 aliphatic heterocycles. The highest BCUT2D eigenvalue weighted by Gasteiger charge is 2.36. The summed E-state index contributed by atoms with van der Waals surface area (Å²) in [6, 6.07) is 13.9. The average Bonchev–Trinajstić information content (AvgIpc) is 2.71. The maximum Gasteiger partial charge on any atom is 0.421 e. The molecule has 3 aromatic rings. The van der Waals surface area contributed by atoms with Crippen LogP contribution in [0.3, 0.4) is 0 Å².